The van der Waals surface area contributed by atoms with Crippen molar-refractivity contribution in [3.8, 4) is 0 Å². The zero-order chi connectivity index (χ0) is 13.8. The lowest BCUT2D eigenvalue weighted by atomic mass is 9.74. The molecule has 1 aliphatic rings. The fourth-order valence-electron chi connectivity index (χ4n) is 2.34. The molecule has 1 rings (SSSR count). The van der Waals surface area contributed by atoms with Crippen LogP contribution in [0, 0.1) is 11.3 Å². The standard InChI is InChI=1S/C13H24N2O3/c1-4-10(11(16)17)15-12(18)13(2,3)9-6-5-7-14-8-9/h9-10,14H,4-8H2,1-3H3,(H,15,18)(H,16,17)/t9?,10-/m0/s1. The number of carboxylic acid groups (broad SMARTS) is 1. The van der Waals surface area contributed by atoms with Gasteiger partial charge in [0.15, 0.2) is 0 Å². The van der Waals surface area contributed by atoms with E-state index < -0.39 is 17.4 Å². The van der Waals surface area contributed by atoms with E-state index in [-0.39, 0.29) is 11.8 Å². The molecule has 5 nitrogen and oxygen atoms in total. The number of piperidine rings is 1. The highest BCUT2D eigenvalue weighted by Crippen LogP contribution is 2.32. The van der Waals surface area contributed by atoms with Gasteiger partial charge in [0.2, 0.25) is 5.91 Å². The molecule has 1 aliphatic heterocycles. The van der Waals surface area contributed by atoms with Crippen LogP contribution in [0.2, 0.25) is 0 Å². The predicted molar refractivity (Wildman–Crippen MR) is 69.2 cm³/mol. The molecule has 1 amide bonds. The molecule has 3 N–H and O–H groups in total. The number of hydrogen-bond donors (Lipinski definition) is 3. The third kappa shape index (κ3) is 3.45. The van der Waals surface area contributed by atoms with Crippen LogP contribution in [0.3, 0.4) is 0 Å². The topological polar surface area (TPSA) is 78.4 Å². The summed E-state index contributed by atoms with van der Waals surface area (Å²) in [6.45, 7) is 7.38. The summed E-state index contributed by atoms with van der Waals surface area (Å²) < 4.78 is 0. The van der Waals surface area contributed by atoms with Crippen molar-refractivity contribution in [1.29, 1.82) is 0 Å². The lowest BCUT2D eigenvalue weighted by molar-refractivity contribution is -0.144. The first-order chi connectivity index (χ1) is 8.39. The van der Waals surface area contributed by atoms with Crippen LogP contribution >= 0.6 is 0 Å². The number of carboxylic acids is 1. The second-order valence-corrected chi connectivity index (χ2v) is 5.54. The van der Waals surface area contributed by atoms with Gasteiger partial charge in [-0.15, -0.1) is 0 Å². The van der Waals surface area contributed by atoms with Crippen LogP contribution in [0.4, 0.5) is 0 Å². The van der Waals surface area contributed by atoms with Crippen molar-refractivity contribution >= 4 is 11.9 Å². The minimum absolute atomic E-state index is 0.162. The number of amides is 1. The molecule has 18 heavy (non-hydrogen) atoms. The van der Waals surface area contributed by atoms with Crippen molar-refractivity contribution in [1.82, 2.24) is 10.6 Å². The van der Waals surface area contributed by atoms with Gasteiger partial charge in [-0.2, -0.15) is 0 Å². The summed E-state index contributed by atoms with van der Waals surface area (Å²) in [5, 5.41) is 14.9. The first-order valence-corrected chi connectivity index (χ1v) is 6.64. The maximum atomic E-state index is 12.2. The molecule has 0 saturated carbocycles. The molecule has 0 aliphatic carbocycles. The van der Waals surface area contributed by atoms with Crippen LogP contribution < -0.4 is 10.6 Å². The molecule has 0 aromatic rings. The molecule has 0 spiro atoms. The molecule has 5 heteroatoms. The zero-order valence-corrected chi connectivity index (χ0v) is 11.5. The Labute approximate surface area is 108 Å². The van der Waals surface area contributed by atoms with E-state index in [1.54, 1.807) is 6.92 Å². The Morgan fingerprint density at radius 1 is 1.50 bits per heavy atom. The summed E-state index contributed by atoms with van der Waals surface area (Å²) in [4.78, 5) is 23.2. The van der Waals surface area contributed by atoms with Crippen molar-refractivity contribution in [3.63, 3.8) is 0 Å². The smallest absolute Gasteiger partial charge is 0.326 e. The quantitative estimate of drug-likeness (QED) is 0.685. The highest BCUT2D eigenvalue weighted by Gasteiger charge is 2.38. The third-order valence-electron chi connectivity index (χ3n) is 3.91. The highest BCUT2D eigenvalue weighted by atomic mass is 16.4. The molecule has 1 fully saturated rings. The maximum Gasteiger partial charge on any atom is 0.326 e. The van der Waals surface area contributed by atoms with Gasteiger partial charge in [-0.1, -0.05) is 20.8 Å². The van der Waals surface area contributed by atoms with E-state index in [2.05, 4.69) is 10.6 Å². The van der Waals surface area contributed by atoms with Crippen molar-refractivity contribution in [2.75, 3.05) is 13.1 Å². The summed E-state index contributed by atoms with van der Waals surface area (Å²) in [5.41, 5.74) is -0.531. The fraction of sp³-hybridized carbons (Fsp3) is 0.846. The number of carbonyl (C=O) groups excluding carboxylic acids is 1. The lowest BCUT2D eigenvalue weighted by Crippen LogP contribution is -2.51. The van der Waals surface area contributed by atoms with Crippen LogP contribution in [0.15, 0.2) is 0 Å². The fourth-order valence-corrected chi connectivity index (χ4v) is 2.34. The van der Waals surface area contributed by atoms with Gasteiger partial charge in [-0.3, -0.25) is 4.79 Å². The average molecular weight is 256 g/mol. The van der Waals surface area contributed by atoms with E-state index in [0.29, 0.717) is 6.42 Å². The van der Waals surface area contributed by atoms with Crippen LogP contribution in [-0.2, 0) is 9.59 Å². The third-order valence-corrected chi connectivity index (χ3v) is 3.91. The van der Waals surface area contributed by atoms with E-state index in [1.807, 2.05) is 13.8 Å². The average Bonchev–Trinajstić information content (AvgIpc) is 2.36. The van der Waals surface area contributed by atoms with Crippen LogP contribution in [0.1, 0.15) is 40.0 Å². The van der Waals surface area contributed by atoms with Gasteiger partial charge in [0, 0.05) is 5.41 Å². The number of hydrogen-bond acceptors (Lipinski definition) is 3. The Balaban J connectivity index is 2.65. The first kappa shape index (κ1) is 15.0. The second kappa shape index (κ2) is 6.18. The van der Waals surface area contributed by atoms with Gasteiger partial charge < -0.3 is 15.7 Å². The summed E-state index contributed by atoms with van der Waals surface area (Å²) in [6, 6.07) is -0.784. The Morgan fingerprint density at radius 3 is 2.61 bits per heavy atom. The number of rotatable bonds is 5. The van der Waals surface area contributed by atoms with Crippen molar-refractivity contribution in [2.45, 2.75) is 46.1 Å². The Kier molecular flexibility index (Phi) is 5.14. The first-order valence-electron chi connectivity index (χ1n) is 6.64. The lowest BCUT2D eigenvalue weighted by Gasteiger charge is -2.36. The summed E-state index contributed by atoms with van der Waals surface area (Å²) in [6.07, 6.45) is 2.48. The van der Waals surface area contributed by atoms with E-state index in [1.165, 1.54) is 0 Å². The van der Waals surface area contributed by atoms with Gasteiger partial charge >= 0.3 is 5.97 Å². The van der Waals surface area contributed by atoms with Crippen LogP contribution in [0.5, 0.6) is 0 Å². The molecule has 1 saturated heterocycles. The summed E-state index contributed by atoms with van der Waals surface area (Å²) >= 11 is 0. The van der Waals surface area contributed by atoms with E-state index in [0.717, 1.165) is 25.9 Å². The Morgan fingerprint density at radius 2 is 2.17 bits per heavy atom. The van der Waals surface area contributed by atoms with Gasteiger partial charge in [-0.25, -0.2) is 4.79 Å². The maximum absolute atomic E-state index is 12.2. The zero-order valence-electron chi connectivity index (χ0n) is 11.5. The molecule has 0 radical (unpaired) electrons. The van der Waals surface area contributed by atoms with Gasteiger partial charge in [-0.05, 0) is 38.3 Å². The SMILES string of the molecule is CC[C@H](NC(=O)C(C)(C)C1CCCNC1)C(=O)O. The monoisotopic (exact) mass is 256 g/mol. The summed E-state index contributed by atoms with van der Waals surface area (Å²) in [5.74, 6) is -0.869. The normalized spacial score (nSPS) is 22.3. The summed E-state index contributed by atoms with van der Waals surface area (Å²) in [7, 11) is 0. The van der Waals surface area contributed by atoms with Gasteiger partial charge in [0.25, 0.3) is 0 Å². The molecule has 0 bridgehead atoms. The van der Waals surface area contributed by atoms with Crippen molar-refractivity contribution in [2.24, 2.45) is 11.3 Å². The van der Waals surface area contributed by atoms with E-state index in [9.17, 15) is 9.59 Å². The Hall–Kier alpha value is -1.10. The predicted octanol–water partition coefficient (Wildman–Crippen LogP) is 0.992. The molecular formula is C13H24N2O3. The van der Waals surface area contributed by atoms with Gasteiger partial charge in [0.05, 0.1) is 0 Å². The molecule has 104 valence electrons. The Bertz CT molecular complexity index is 309. The molecule has 1 heterocycles. The van der Waals surface area contributed by atoms with Crippen LogP contribution in [0.25, 0.3) is 0 Å². The van der Waals surface area contributed by atoms with E-state index >= 15 is 0 Å². The van der Waals surface area contributed by atoms with Crippen LogP contribution in [-0.4, -0.2) is 36.1 Å². The number of carbonyl (C=O) groups is 2. The highest BCUT2D eigenvalue weighted by molar-refractivity contribution is 5.87. The molecule has 1 unspecified atom stereocenters. The van der Waals surface area contributed by atoms with Gasteiger partial charge in [0.1, 0.15) is 6.04 Å². The molecule has 0 aromatic heterocycles. The molecule has 2 atom stereocenters. The van der Waals surface area contributed by atoms with Crippen molar-refractivity contribution < 1.29 is 14.7 Å². The number of nitrogens with one attached hydrogen (secondary N) is 2. The van der Waals surface area contributed by atoms with E-state index in [4.69, 9.17) is 5.11 Å². The minimum atomic E-state index is -0.969. The molecule has 0 aromatic carbocycles. The largest absolute Gasteiger partial charge is 0.480 e. The molecular weight excluding hydrogens is 232 g/mol. The minimum Gasteiger partial charge on any atom is -0.480 e. The number of aliphatic carboxylic acids is 1. The second-order valence-electron chi connectivity index (χ2n) is 5.54. The van der Waals surface area contributed by atoms with Crippen molar-refractivity contribution in [3.05, 3.63) is 0 Å².